The second-order valence-electron chi connectivity index (χ2n) is 5.69. The summed E-state index contributed by atoms with van der Waals surface area (Å²) in [6.45, 7) is 4.65. The summed E-state index contributed by atoms with van der Waals surface area (Å²) in [5, 5.41) is 0. The van der Waals surface area contributed by atoms with Crippen molar-refractivity contribution in [2.24, 2.45) is 23.0 Å². The first-order valence-corrected chi connectivity index (χ1v) is 5.88. The summed E-state index contributed by atoms with van der Waals surface area (Å²) >= 11 is 0. The Kier molecular flexibility index (Phi) is 2.39. The van der Waals surface area contributed by atoms with Crippen LogP contribution < -0.4 is 5.73 Å². The summed E-state index contributed by atoms with van der Waals surface area (Å²) in [6.07, 6.45) is 8.75. The molecule has 0 aromatic heterocycles. The van der Waals surface area contributed by atoms with Crippen molar-refractivity contribution in [1.29, 1.82) is 0 Å². The first kappa shape index (κ1) is 9.51. The van der Waals surface area contributed by atoms with Gasteiger partial charge in [0.15, 0.2) is 0 Å². The quantitative estimate of drug-likeness (QED) is 0.696. The largest absolute Gasteiger partial charge is 0.327 e. The Balaban J connectivity index is 1.79. The first-order chi connectivity index (χ1) is 6.12. The normalized spacial score (nSPS) is 39.0. The Labute approximate surface area is 82.1 Å². The van der Waals surface area contributed by atoms with Gasteiger partial charge in [0.05, 0.1) is 0 Å². The third-order valence-electron chi connectivity index (χ3n) is 4.45. The van der Waals surface area contributed by atoms with Crippen LogP contribution in [-0.2, 0) is 0 Å². The predicted molar refractivity (Wildman–Crippen MR) is 56.4 cm³/mol. The Morgan fingerprint density at radius 2 is 1.69 bits per heavy atom. The fourth-order valence-electron chi connectivity index (χ4n) is 3.02. The third-order valence-corrected chi connectivity index (χ3v) is 4.45. The number of hydrogen-bond donors (Lipinski definition) is 1. The lowest BCUT2D eigenvalue weighted by Crippen LogP contribution is -2.10. The molecule has 0 aromatic rings. The SMILES string of the molecule is CC1(C)C(N)C1CC1CCCCC1. The highest BCUT2D eigenvalue weighted by Crippen LogP contribution is 2.54. The molecule has 76 valence electrons. The van der Waals surface area contributed by atoms with Gasteiger partial charge in [-0.25, -0.2) is 0 Å². The van der Waals surface area contributed by atoms with Crippen molar-refractivity contribution in [2.75, 3.05) is 0 Å². The van der Waals surface area contributed by atoms with Crippen LogP contribution >= 0.6 is 0 Å². The fourth-order valence-corrected chi connectivity index (χ4v) is 3.02. The van der Waals surface area contributed by atoms with E-state index in [1.54, 1.807) is 0 Å². The molecule has 2 rings (SSSR count). The van der Waals surface area contributed by atoms with E-state index in [0.29, 0.717) is 11.5 Å². The van der Waals surface area contributed by atoms with Crippen LogP contribution in [-0.4, -0.2) is 6.04 Å². The topological polar surface area (TPSA) is 26.0 Å². The van der Waals surface area contributed by atoms with Crippen LogP contribution in [0.2, 0.25) is 0 Å². The van der Waals surface area contributed by atoms with E-state index in [9.17, 15) is 0 Å². The summed E-state index contributed by atoms with van der Waals surface area (Å²) < 4.78 is 0. The highest BCUT2D eigenvalue weighted by Gasteiger charge is 2.55. The molecule has 0 heterocycles. The molecular formula is C12H23N. The minimum absolute atomic E-state index is 0.456. The van der Waals surface area contributed by atoms with Gasteiger partial charge in [-0.1, -0.05) is 46.0 Å². The fraction of sp³-hybridized carbons (Fsp3) is 1.00. The molecule has 2 N–H and O–H groups in total. The van der Waals surface area contributed by atoms with Crippen LogP contribution in [0.1, 0.15) is 52.4 Å². The van der Waals surface area contributed by atoms with E-state index in [4.69, 9.17) is 5.73 Å². The molecule has 2 fully saturated rings. The molecule has 2 unspecified atom stereocenters. The van der Waals surface area contributed by atoms with Gasteiger partial charge in [0.2, 0.25) is 0 Å². The maximum Gasteiger partial charge on any atom is 0.0128 e. The average Bonchev–Trinajstić information content (AvgIpc) is 2.57. The van der Waals surface area contributed by atoms with Gasteiger partial charge in [0.1, 0.15) is 0 Å². The molecule has 2 saturated carbocycles. The molecule has 2 atom stereocenters. The van der Waals surface area contributed by atoms with E-state index < -0.39 is 0 Å². The lowest BCUT2D eigenvalue weighted by Gasteiger charge is -2.21. The van der Waals surface area contributed by atoms with Crippen molar-refractivity contribution >= 4 is 0 Å². The molecule has 13 heavy (non-hydrogen) atoms. The zero-order valence-corrected chi connectivity index (χ0v) is 9.05. The summed E-state index contributed by atoms with van der Waals surface area (Å²) in [4.78, 5) is 0. The second kappa shape index (κ2) is 3.27. The molecule has 0 saturated heterocycles. The maximum absolute atomic E-state index is 6.06. The Bertz CT molecular complexity index is 180. The molecule has 1 nitrogen and oxygen atoms in total. The second-order valence-corrected chi connectivity index (χ2v) is 5.69. The van der Waals surface area contributed by atoms with Gasteiger partial charge in [0, 0.05) is 6.04 Å². The van der Waals surface area contributed by atoms with Gasteiger partial charge in [-0.15, -0.1) is 0 Å². The van der Waals surface area contributed by atoms with Crippen molar-refractivity contribution in [1.82, 2.24) is 0 Å². The molecule has 0 aromatic carbocycles. The van der Waals surface area contributed by atoms with Crippen molar-refractivity contribution in [3.05, 3.63) is 0 Å². The smallest absolute Gasteiger partial charge is 0.0128 e. The van der Waals surface area contributed by atoms with Gasteiger partial charge in [-0.2, -0.15) is 0 Å². The third kappa shape index (κ3) is 1.76. The molecule has 2 aliphatic carbocycles. The van der Waals surface area contributed by atoms with Crippen molar-refractivity contribution in [2.45, 2.75) is 58.4 Å². The van der Waals surface area contributed by atoms with Gasteiger partial charge in [-0.05, 0) is 23.7 Å². The summed E-state index contributed by atoms with van der Waals surface area (Å²) in [5.41, 5.74) is 6.52. The molecule has 0 spiro atoms. The molecule has 0 radical (unpaired) electrons. The Morgan fingerprint density at radius 1 is 1.15 bits per heavy atom. The van der Waals surface area contributed by atoms with Crippen LogP contribution in [0.15, 0.2) is 0 Å². The highest BCUT2D eigenvalue weighted by molar-refractivity contribution is 5.09. The van der Waals surface area contributed by atoms with Crippen molar-refractivity contribution in [3.63, 3.8) is 0 Å². The van der Waals surface area contributed by atoms with E-state index >= 15 is 0 Å². The number of nitrogens with two attached hydrogens (primary N) is 1. The predicted octanol–water partition coefficient (Wildman–Crippen LogP) is 2.94. The zero-order chi connectivity index (χ0) is 9.47. The van der Waals surface area contributed by atoms with E-state index in [1.807, 2.05) is 0 Å². The maximum atomic E-state index is 6.06. The van der Waals surface area contributed by atoms with Crippen molar-refractivity contribution < 1.29 is 0 Å². The van der Waals surface area contributed by atoms with E-state index in [1.165, 1.54) is 38.5 Å². The minimum Gasteiger partial charge on any atom is -0.327 e. The first-order valence-electron chi connectivity index (χ1n) is 5.88. The van der Waals surface area contributed by atoms with Crippen LogP contribution in [0, 0.1) is 17.3 Å². The summed E-state index contributed by atoms with van der Waals surface area (Å²) in [5.74, 6) is 1.84. The average molecular weight is 181 g/mol. The zero-order valence-electron chi connectivity index (χ0n) is 9.05. The molecule has 0 amide bonds. The minimum atomic E-state index is 0.456. The van der Waals surface area contributed by atoms with Crippen LogP contribution in [0.25, 0.3) is 0 Å². The molecule has 0 aliphatic heterocycles. The molecular weight excluding hydrogens is 158 g/mol. The summed E-state index contributed by atoms with van der Waals surface area (Å²) in [6, 6.07) is 0.495. The number of rotatable bonds is 2. The van der Waals surface area contributed by atoms with Gasteiger partial charge in [0.25, 0.3) is 0 Å². The standard InChI is InChI=1S/C12H23N/c1-12(2)10(11(12)13)8-9-6-4-3-5-7-9/h9-11H,3-8,13H2,1-2H3. The monoisotopic (exact) mass is 181 g/mol. The number of hydrogen-bond acceptors (Lipinski definition) is 1. The van der Waals surface area contributed by atoms with Gasteiger partial charge < -0.3 is 5.73 Å². The van der Waals surface area contributed by atoms with Gasteiger partial charge in [-0.3, -0.25) is 0 Å². The van der Waals surface area contributed by atoms with Gasteiger partial charge >= 0.3 is 0 Å². The lowest BCUT2D eigenvalue weighted by molar-refractivity contribution is 0.310. The Hall–Kier alpha value is -0.0400. The summed E-state index contributed by atoms with van der Waals surface area (Å²) in [7, 11) is 0. The van der Waals surface area contributed by atoms with E-state index in [-0.39, 0.29) is 0 Å². The molecule has 0 bridgehead atoms. The highest BCUT2D eigenvalue weighted by atomic mass is 14.8. The molecule has 2 aliphatic rings. The Morgan fingerprint density at radius 3 is 2.15 bits per heavy atom. The molecule has 1 heteroatoms. The van der Waals surface area contributed by atoms with Crippen LogP contribution in [0.3, 0.4) is 0 Å². The van der Waals surface area contributed by atoms with Crippen molar-refractivity contribution in [3.8, 4) is 0 Å². The van der Waals surface area contributed by atoms with Crippen LogP contribution in [0.4, 0.5) is 0 Å². The van der Waals surface area contributed by atoms with E-state index in [2.05, 4.69) is 13.8 Å². The van der Waals surface area contributed by atoms with E-state index in [0.717, 1.165) is 11.8 Å². The lowest BCUT2D eigenvalue weighted by atomic mass is 9.84. The van der Waals surface area contributed by atoms with Crippen LogP contribution in [0.5, 0.6) is 0 Å².